The first-order chi connectivity index (χ1) is 7.53. The molecule has 88 valence electrons. The minimum Gasteiger partial charge on any atom is -0.319 e. The van der Waals surface area contributed by atoms with E-state index in [9.17, 15) is 4.79 Å². The van der Waals surface area contributed by atoms with E-state index in [2.05, 4.69) is 0 Å². The molecule has 2 N–H and O–H groups in total. The van der Waals surface area contributed by atoms with Crippen molar-refractivity contribution in [3.8, 4) is 0 Å². The molecule has 0 spiro atoms. The van der Waals surface area contributed by atoms with Crippen molar-refractivity contribution < 1.29 is 4.79 Å². The van der Waals surface area contributed by atoms with Crippen molar-refractivity contribution in [1.82, 2.24) is 0 Å². The highest BCUT2D eigenvalue weighted by Crippen LogP contribution is 2.17. The van der Waals surface area contributed by atoms with Crippen LogP contribution in [0.2, 0.25) is 0 Å². The number of benzene rings is 1. The van der Waals surface area contributed by atoms with Crippen molar-refractivity contribution in [1.29, 1.82) is 0 Å². The molecule has 16 heavy (non-hydrogen) atoms. The Bertz CT molecular complexity index is 367. The van der Waals surface area contributed by atoms with Gasteiger partial charge in [-0.1, -0.05) is 38.1 Å². The van der Waals surface area contributed by atoms with Gasteiger partial charge in [-0.25, -0.2) is 0 Å². The summed E-state index contributed by atoms with van der Waals surface area (Å²) in [5.41, 5.74) is 7.68. The maximum Gasteiger partial charge on any atom is 0.156 e. The first-order valence-electron chi connectivity index (χ1n) is 5.90. The molecule has 0 aliphatic rings. The van der Waals surface area contributed by atoms with E-state index in [0.717, 1.165) is 11.1 Å². The molecule has 0 unspecified atom stereocenters. The van der Waals surface area contributed by atoms with Gasteiger partial charge >= 0.3 is 0 Å². The smallest absolute Gasteiger partial charge is 0.156 e. The Labute approximate surface area is 97.9 Å². The minimum absolute atomic E-state index is 0.145. The maximum absolute atomic E-state index is 12.1. The predicted octanol–water partition coefficient (Wildman–Crippen LogP) is 2.62. The summed E-state index contributed by atoms with van der Waals surface area (Å²) in [6.45, 7) is 5.97. The second-order valence-electron chi connectivity index (χ2n) is 4.39. The molecular formula is C14H21NO. The number of rotatable bonds is 5. The van der Waals surface area contributed by atoms with E-state index < -0.39 is 5.54 Å². The van der Waals surface area contributed by atoms with Crippen LogP contribution >= 0.6 is 0 Å². The number of ketones is 1. The van der Waals surface area contributed by atoms with Gasteiger partial charge in [0.15, 0.2) is 5.78 Å². The molecule has 0 fully saturated rings. The molecule has 1 aromatic rings. The van der Waals surface area contributed by atoms with Gasteiger partial charge in [0.05, 0.1) is 5.54 Å². The van der Waals surface area contributed by atoms with Crippen LogP contribution in [-0.2, 0) is 11.2 Å². The molecule has 0 atom stereocenters. The van der Waals surface area contributed by atoms with Gasteiger partial charge in [0.25, 0.3) is 0 Å². The molecule has 1 aromatic carbocycles. The second kappa shape index (κ2) is 5.26. The van der Waals surface area contributed by atoms with E-state index in [4.69, 9.17) is 5.73 Å². The van der Waals surface area contributed by atoms with Crippen LogP contribution in [0.5, 0.6) is 0 Å². The highest BCUT2D eigenvalue weighted by atomic mass is 16.1. The van der Waals surface area contributed by atoms with Gasteiger partial charge in [-0.15, -0.1) is 0 Å². The highest BCUT2D eigenvalue weighted by Gasteiger charge is 2.29. The van der Waals surface area contributed by atoms with E-state index >= 15 is 0 Å². The fourth-order valence-electron chi connectivity index (χ4n) is 1.80. The van der Waals surface area contributed by atoms with Crippen LogP contribution in [0.4, 0.5) is 0 Å². The topological polar surface area (TPSA) is 43.1 Å². The zero-order valence-corrected chi connectivity index (χ0v) is 10.4. The van der Waals surface area contributed by atoms with Gasteiger partial charge in [0.2, 0.25) is 0 Å². The lowest BCUT2D eigenvalue weighted by Gasteiger charge is -2.25. The second-order valence-corrected chi connectivity index (χ2v) is 4.39. The number of nitrogens with two attached hydrogens (primary N) is 1. The number of aryl methyl sites for hydroxylation is 1. The molecule has 0 aliphatic carbocycles. The summed E-state index contributed by atoms with van der Waals surface area (Å²) >= 11 is 0. The number of Topliss-reactive ketones (excluding diaryl/α,β-unsaturated/α-hetero) is 1. The van der Waals surface area contributed by atoms with Crippen molar-refractivity contribution in [2.24, 2.45) is 5.73 Å². The molecule has 1 rings (SSSR count). The molecule has 0 amide bonds. The molecule has 0 saturated carbocycles. The van der Waals surface area contributed by atoms with E-state index in [-0.39, 0.29) is 5.78 Å². The van der Waals surface area contributed by atoms with Crippen LogP contribution in [0.1, 0.15) is 37.8 Å². The Morgan fingerprint density at radius 1 is 1.25 bits per heavy atom. The quantitative estimate of drug-likeness (QED) is 0.827. The lowest BCUT2D eigenvalue weighted by molar-refractivity contribution is -0.123. The first kappa shape index (κ1) is 12.9. The molecule has 0 heterocycles. The van der Waals surface area contributed by atoms with Crippen molar-refractivity contribution in [2.45, 2.75) is 45.6 Å². The van der Waals surface area contributed by atoms with Crippen LogP contribution in [0.15, 0.2) is 24.3 Å². The van der Waals surface area contributed by atoms with Gasteiger partial charge in [-0.05, 0) is 30.9 Å². The van der Waals surface area contributed by atoms with Crippen LogP contribution in [0, 0.1) is 6.92 Å². The molecule has 0 aliphatic heterocycles. The van der Waals surface area contributed by atoms with E-state index in [1.54, 1.807) is 0 Å². The third-order valence-corrected chi connectivity index (χ3v) is 3.43. The van der Waals surface area contributed by atoms with Crippen LogP contribution in [0.25, 0.3) is 0 Å². The van der Waals surface area contributed by atoms with Crippen molar-refractivity contribution in [3.63, 3.8) is 0 Å². The Kier molecular flexibility index (Phi) is 4.25. The van der Waals surface area contributed by atoms with Crippen molar-refractivity contribution in [3.05, 3.63) is 35.4 Å². The number of hydrogen-bond acceptors (Lipinski definition) is 2. The molecule has 0 bridgehead atoms. The van der Waals surface area contributed by atoms with E-state index in [1.807, 2.05) is 45.0 Å². The summed E-state index contributed by atoms with van der Waals surface area (Å²) in [6, 6.07) is 7.97. The SMILES string of the molecule is CCC(N)(CC)C(=O)Cc1ccccc1C. The standard InChI is InChI=1S/C14H21NO/c1-4-14(15,5-2)13(16)10-12-9-7-6-8-11(12)3/h6-9H,4-5,10,15H2,1-3H3. The molecule has 2 nitrogen and oxygen atoms in total. The minimum atomic E-state index is -0.651. The highest BCUT2D eigenvalue weighted by molar-refractivity contribution is 5.90. The lowest BCUT2D eigenvalue weighted by atomic mass is 9.85. The summed E-state index contributed by atoms with van der Waals surface area (Å²) in [4.78, 5) is 12.1. The van der Waals surface area contributed by atoms with E-state index in [0.29, 0.717) is 19.3 Å². The monoisotopic (exact) mass is 219 g/mol. The zero-order chi connectivity index (χ0) is 12.2. The van der Waals surface area contributed by atoms with Crippen LogP contribution in [-0.4, -0.2) is 11.3 Å². The maximum atomic E-state index is 12.1. The van der Waals surface area contributed by atoms with Gasteiger partial charge in [0.1, 0.15) is 0 Å². The summed E-state index contributed by atoms with van der Waals surface area (Å²) in [5.74, 6) is 0.145. The van der Waals surface area contributed by atoms with Crippen molar-refractivity contribution >= 4 is 5.78 Å². The zero-order valence-electron chi connectivity index (χ0n) is 10.4. The normalized spacial score (nSPS) is 11.5. The van der Waals surface area contributed by atoms with Gasteiger partial charge in [-0.2, -0.15) is 0 Å². The fraction of sp³-hybridized carbons (Fsp3) is 0.500. The number of hydrogen-bond donors (Lipinski definition) is 1. The molecule has 0 aromatic heterocycles. The van der Waals surface area contributed by atoms with Gasteiger partial charge in [-0.3, -0.25) is 4.79 Å². The summed E-state index contributed by atoms with van der Waals surface area (Å²) in [7, 11) is 0. The Morgan fingerprint density at radius 2 is 1.81 bits per heavy atom. The Balaban J connectivity index is 2.83. The third-order valence-electron chi connectivity index (χ3n) is 3.43. The Morgan fingerprint density at radius 3 is 2.31 bits per heavy atom. The third kappa shape index (κ3) is 2.70. The molecule has 0 saturated heterocycles. The summed E-state index contributed by atoms with van der Waals surface area (Å²) in [6.07, 6.45) is 1.85. The van der Waals surface area contributed by atoms with E-state index in [1.165, 1.54) is 0 Å². The molecule has 0 radical (unpaired) electrons. The molecular weight excluding hydrogens is 198 g/mol. The van der Waals surface area contributed by atoms with Gasteiger partial charge < -0.3 is 5.73 Å². The first-order valence-corrected chi connectivity index (χ1v) is 5.90. The summed E-state index contributed by atoms with van der Waals surface area (Å²) in [5, 5.41) is 0. The average Bonchev–Trinajstić information content (AvgIpc) is 2.31. The number of carbonyl (C=O) groups is 1. The largest absolute Gasteiger partial charge is 0.319 e. The van der Waals surface area contributed by atoms with Crippen LogP contribution < -0.4 is 5.73 Å². The predicted molar refractivity (Wildman–Crippen MR) is 67.4 cm³/mol. The average molecular weight is 219 g/mol. The lowest BCUT2D eigenvalue weighted by Crippen LogP contribution is -2.47. The van der Waals surface area contributed by atoms with Gasteiger partial charge in [0, 0.05) is 6.42 Å². The number of carbonyl (C=O) groups excluding carboxylic acids is 1. The summed E-state index contributed by atoms with van der Waals surface area (Å²) < 4.78 is 0. The molecule has 2 heteroatoms. The fourth-order valence-corrected chi connectivity index (χ4v) is 1.80. The Hall–Kier alpha value is -1.15. The van der Waals surface area contributed by atoms with Crippen molar-refractivity contribution in [2.75, 3.05) is 0 Å². The van der Waals surface area contributed by atoms with Crippen LogP contribution in [0.3, 0.4) is 0 Å².